The molecule has 24 heavy (non-hydrogen) atoms. The third-order valence-corrected chi connectivity index (χ3v) is 4.73. The Morgan fingerprint density at radius 3 is 2.38 bits per heavy atom. The molecule has 7 nitrogen and oxygen atoms in total. The van der Waals surface area contributed by atoms with Crippen molar-refractivity contribution in [2.24, 2.45) is 5.92 Å². The fourth-order valence-corrected chi connectivity index (χ4v) is 3.35. The van der Waals surface area contributed by atoms with E-state index in [1.165, 1.54) is 0 Å². The minimum absolute atomic E-state index is 0.0302. The van der Waals surface area contributed by atoms with Crippen LogP contribution in [0.1, 0.15) is 19.3 Å². The zero-order valence-corrected chi connectivity index (χ0v) is 13.4. The molecule has 1 atom stereocenters. The molecule has 2 saturated heterocycles. The third-order valence-electron chi connectivity index (χ3n) is 4.73. The number of amides is 3. The Balaban J connectivity index is 1.51. The second kappa shape index (κ2) is 6.90. The van der Waals surface area contributed by atoms with Crippen molar-refractivity contribution in [1.29, 1.82) is 0 Å². The lowest BCUT2D eigenvalue weighted by atomic mass is 10.0. The van der Waals surface area contributed by atoms with Gasteiger partial charge in [0.15, 0.2) is 0 Å². The molecule has 0 aliphatic carbocycles. The summed E-state index contributed by atoms with van der Waals surface area (Å²) < 4.78 is 0. The van der Waals surface area contributed by atoms with Gasteiger partial charge in [-0.15, -0.1) is 0 Å². The summed E-state index contributed by atoms with van der Waals surface area (Å²) in [6.45, 7) is 1.41. The zero-order chi connectivity index (χ0) is 17.1. The number of piperidine rings is 1. The van der Waals surface area contributed by atoms with Crippen LogP contribution in [0.15, 0.2) is 30.3 Å². The largest absolute Gasteiger partial charge is 0.481 e. The summed E-state index contributed by atoms with van der Waals surface area (Å²) in [5.74, 6) is -1.60. The number of carbonyl (C=O) groups is 3. The lowest BCUT2D eigenvalue weighted by Crippen LogP contribution is -2.48. The molecule has 128 valence electrons. The normalized spacial score (nSPS) is 21.8. The first-order chi connectivity index (χ1) is 11.5. The highest BCUT2D eigenvalue weighted by Crippen LogP contribution is 2.26. The van der Waals surface area contributed by atoms with Gasteiger partial charge < -0.3 is 20.2 Å². The van der Waals surface area contributed by atoms with Gasteiger partial charge in [-0.05, 0) is 25.0 Å². The lowest BCUT2D eigenvalue weighted by Gasteiger charge is -2.36. The van der Waals surface area contributed by atoms with Gasteiger partial charge >= 0.3 is 12.0 Å². The highest BCUT2D eigenvalue weighted by molar-refractivity contribution is 5.89. The Bertz CT molecular complexity index is 626. The van der Waals surface area contributed by atoms with Gasteiger partial charge in [0, 0.05) is 37.8 Å². The van der Waals surface area contributed by atoms with Crippen molar-refractivity contribution in [3.63, 3.8) is 0 Å². The summed E-state index contributed by atoms with van der Waals surface area (Å²) in [5.41, 5.74) is 0.753. The first-order valence-electron chi connectivity index (χ1n) is 8.18. The summed E-state index contributed by atoms with van der Waals surface area (Å²) >= 11 is 0. The number of nitrogens with one attached hydrogen (secondary N) is 1. The maximum atomic E-state index is 12.3. The van der Waals surface area contributed by atoms with E-state index in [1.807, 2.05) is 30.3 Å². The van der Waals surface area contributed by atoms with Crippen LogP contribution in [0.25, 0.3) is 0 Å². The van der Waals surface area contributed by atoms with Crippen molar-refractivity contribution >= 4 is 23.6 Å². The first kappa shape index (κ1) is 16.3. The van der Waals surface area contributed by atoms with E-state index < -0.39 is 11.9 Å². The Morgan fingerprint density at radius 2 is 1.79 bits per heavy atom. The van der Waals surface area contributed by atoms with Crippen molar-refractivity contribution in [1.82, 2.24) is 9.80 Å². The summed E-state index contributed by atoms with van der Waals surface area (Å²) in [7, 11) is 0. The van der Waals surface area contributed by atoms with Gasteiger partial charge in [0.2, 0.25) is 5.91 Å². The minimum atomic E-state index is -0.912. The van der Waals surface area contributed by atoms with Crippen molar-refractivity contribution < 1.29 is 19.5 Å². The van der Waals surface area contributed by atoms with Crippen LogP contribution in [0.4, 0.5) is 10.5 Å². The molecule has 2 heterocycles. The molecule has 2 aliphatic heterocycles. The number of benzene rings is 1. The molecule has 0 saturated carbocycles. The maximum absolute atomic E-state index is 12.3. The van der Waals surface area contributed by atoms with Crippen molar-refractivity contribution in [2.45, 2.75) is 25.3 Å². The Kier molecular flexibility index (Phi) is 4.69. The average Bonchev–Trinajstić information content (AvgIpc) is 2.98. The van der Waals surface area contributed by atoms with Crippen LogP contribution in [-0.4, -0.2) is 58.5 Å². The molecule has 0 spiro atoms. The second-order valence-electron chi connectivity index (χ2n) is 6.30. The summed E-state index contributed by atoms with van der Waals surface area (Å²) in [5, 5.41) is 11.9. The van der Waals surface area contributed by atoms with Crippen LogP contribution in [-0.2, 0) is 9.59 Å². The molecule has 1 aromatic carbocycles. The molecule has 2 N–H and O–H groups in total. The van der Waals surface area contributed by atoms with Crippen molar-refractivity contribution in [3.05, 3.63) is 30.3 Å². The minimum Gasteiger partial charge on any atom is -0.481 e. The summed E-state index contributed by atoms with van der Waals surface area (Å²) in [4.78, 5) is 38.7. The van der Waals surface area contributed by atoms with Gasteiger partial charge in [-0.1, -0.05) is 18.2 Å². The smallest absolute Gasteiger partial charge is 0.321 e. The van der Waals surface area contributed by atoms with Gasteiger partial charge in [0.25, 0.3) is 0 Å². The van der Waals surface area contributed by atoms with E-state index in [9.17, 15) is 14.4 Å². The van der Waals surface area contributed by atoms with E-state index in [-0.39, 0.29) is 30.9 Å². The van der Waals surface area contributed by atoms with Crippen LogP contribution in [0, 0.1) is 5.92 Å². The molecule has 0 radical (unpaired) electrons. The number of carboxylic acids is 1. The molecule has 1 unspecified atom stereocenters. The predicted molar refractivity (Wildman–Crippen MR) is 87.5 cm³/mol. The summed E-state index contributed by atoms with van der Waals surface area (Å²) in [6, 6.07) is 9.16. The number of likely N-dealkylation sites (tertiary alicyclic amines) is 2. The number of carboxylic acid groups (broad SMARTS) is 1. The molecular formula is C17H21N3O4. The van der Waals surface area contributed by atoms with Crippen LogP contribution >= 0.6 is 0 Å². The first-order valence-corrected chi connectivity index (χ1v) is 8.18. The van der Waals surface area contributed by atoms with Crippen LogP contribution in [0.2, 0.25) is 0 Å². The number of anilines is 1. The highest BCUT2D eigenvalue weighted by atomic mass is 16.4. The van der Waals surface area contributed by atoms with Gasteiger partial charge in [-0.3, -0.25) is 9.59 Å². The predicted octanol–water partition coefficient (Wildman–Crippen LogP) is 1.62. The average molecular weight is 331 g/mol. The Hall–Kier alpha value is -2.57. The third kappa shape index (κ3) is 3.50. The Labute approximate surface area is 140 Å². The zero-order valence-electron chi connectivity index (χ0n) is 13.4. The van der Waals surface area contributed by atoms with Gasteiger partial charge in [-0.2, -0.15) is 0 Å². The Morgan fingerprint density at radius 1 is 1.12 bits per heavy atom. The fraction of sp³-hybridized carbons (Fsp3) is 0.471. The molecule has 1 aromatic rings. The maximum Gasteiger partial charge on any atom is 0.321 e. The van der Waals surface area contributed by atoms with Crippen LogP contribution in [0.5, 0.6) is 0 Å². The number of urea groups is 1. The van der Waals surface area contributed by atoms with E-state index >= 15 is 0 Å². The quantitative estimate of drug-likeness (QED) is 0.880. The lowest BCUT2D eigenvalue weighted by molar-refractivity contribution is -0.141. The number of rotatable bonds is 3. The standard InChI is InChI=1S/C17H21N3O4/c21-15-10-12(16(22)23)11-20(15)14-6-8-19(9-7-14)17(24)18-13-4-2-1-3-5-13/h1-5,12,14H,6-11H2,(H,18,24)(H,22,23). The number of aliphatic carboxylic acids is 1. The number of para-hydroxylation sites is 1. The second-order valence-corrected chi connectivity index (χ2v) is 6.30. The van der Waals surface area contributed by atoms with E-state index in [2.05, 4.69) is 5.32 Å². The van der Waals surface area contributed by atoms with Gasteiger partial charge in [0.1, 0.15) is 0 Å². The fourth-order valence-electron chi connectivity index (χ4n) is 3.35. The molecule has 0 aromatic heterocycles. The van der Waals surface area contributed by atoms with E-state index in [4.69, 9.17) is 5.11 Å². The van der Waals surface area contributed by atoms with E-state index in [0.717, 1.165) is 5.69 Å². The molecule has 0 bridgehead atoms. The number of hydrogen-bond acceptors (Lipinski definition) is 3. The molecule has 3 rings (SSSR count). The monoisotopic (exact) mass is 331 g/mol. The van der Waals surface area contributed by atoms with Gasteiger partial charge in [-0.25, -0.2) is 4.79 Å². The van der Waals surface area contributed by atoms with Gasteiger partial charge in [0.05, 0.1) is 5.92 Å². The van der Waals surface area contributed by atoms with E-state index in [0.29, 0.717) is 25.9 Å². The molecular weight excluding hydrogens is 310 g/mol. The number of nitrogens with zero attached hydrogens (tertiary/aromatic N) is 2. The molecule has 2 fully saturated rings. The summed E-state index contributed by atoms with van der Waals surface area (Å²) in [6.07, 6.45) is 1.45. The topological polar surface area (TPSA) is 90.0 Å². The number of carbonyl (C=O) groups excluding carboxylic acids is 2. The van der Waals surface area contributed by atoms with E-state index in [1.54, 1.807) is 9.80 Å². The molecule has 3 amide bonds. The van der Waals surface area contributed by atoms with Crippen molar-refractivity contribution in [2.75, 3.05) is 25.0 Å². The van der Waals surface area contributed by atoms with Crippen LogP contribution < -0.4 is 5.32 Å². The molecule has 2 aliphatic rings. The van der Waals surface area contributed by atoms with Crippen LogP contribution in [0.3, 0.4) is 0 Å². The number of hydrogen-bond donors (Lipinski definition) is 2. The molecule has 7 heteroatoms. The SMILES string of the molecule is O=C(O)C1CC(=O)N(C2CCN(C(=O)Nc3ccccc3)CC2)C1. The highest BCUT2D eigenvalue weighted by Gasteiger charge is 2.39. The van der Waals surface area contributed by atoms with Crippen molar-refractivity contribution in [3.8, 4) is 0 Å².